The number of ether oxygens (including phenoxy) is 1. The maximum Gasteiger partial charge on any atom is 0.120 e. The molecule has 23 heavy (non-hydrogen) atoms. The molecule has 2 aromatic carbocycles. The maximum atomic E-state index is 9.15. The van der Waals surface area contributed by atoms with Crippen LogP contribution >= 0.6 is 0 Å². The van der Waals surface area contributed by atoms with Crippen molar-refractivity contribution < 1.29 is 9.84 Å². The zero-order chi connectivity index (χ0) is 16.3. The first kappa shape index (κ1) is 17.5. The summed E-state index contributed by atoms with van der Waals surface area (Å²) < 4.78 is 5.84. The molecule has 0 amide bonds. The minimum Gasteiger partial charge on any atom is -0.489 e. The van der Waals surface area contributed by atoms with Crippen LogP contribution in [-0.2, 0) is 13.2 Å². The predicted molar refractivity (Wildman–Crippen MR) is 93.5 cm³/mol. The summed E-state index contributed by atoms with van der Waals surface area (Å²) in [5, 5.41) is 15.7. The van der Waals surface area contributed by atoms with E-state index in [1.165, 1.54) is 11.1 Å². The van der Waals surface area contributed by atoms with E-state index in [0.29, 0.717) is 13.2 Å². The van der Waals surface area contributed by atoms with E-state index in [4.69, 9.17) is 9.84 Å². The molecule has 4 nitrogen and oxygen atoms in total. The number of hydrogen-bond donors (Lipinski definition) is 3. The summed E-state index contributed by atoms with van der Waals surface area (Å²) in [5.41, 5.74) is 2.37. The van der Waals surface area contributed by atoms with E-state index < -0.39 is 0 Å². The lowest BCUT2D eigenvalue weighted by Gasteiger charge is -2.10. The quantitative estimate of drug-likeness (QED) is 0.589. The average Bonchev–Trinajstić information content (AvgIpc) is 2.57. The second-order valence-electron chi connectivity index (χ2n) is 5.65. The molecule has 0 heterocycles. The van der Waals surface area contributed by atoms with Gasteiger partial charge in [-0.1, -0.05) is 42.5 Å². The highest BCUT2D eigenvalue weighted by Crippen LogP contribution is 2.15. The van der Waals surface area contributed by atoms with Crippen LogP contribution in [-0.4, -0.2) is 30.8 Å². The summed E-state index contributed by atoms with van der Waals surface area (Å²) in [6.45, 7) is 5.50. The summed E-state index contributed by atoms with van der Waals surface area (Å²) in [6.07, 6.45) is -0.298. The number of benzene rings is 2. The third kappa shape index (κ3) is 7.28. The van der Waals surface area contributed by atoms with Crippen LogP contribution in [0.2, 0.25) is 0 Å². The molecule has 0 radical (unpaired) electrons. The number of rotatable bonds is 10. The van der Waals surface area contributed by atoms with Gasteiger partial charge in [-0.15, -0.1) is 0 Å². The van der Waals surface area contributed by atoms with E-state index in [0.717, 1.165) is 25.4 Å². The van der Waals surface area contributed by atoms with Crippen molar-refractivity contribution in [2.75, 3.05) is 19.6 Å². The zero-order valence-electron chi connectivity index (χ0n) is 13.7. The molecular weight excluding hydrogens is 288 g/mol. The lowest BCUT2D eigenvalue weighted by Crippen LogP contribution is -2.31. The molecule has 0 aliphatic rings. The van der Waals surface area contributed by atoms with E-state index in [-0.39, 0.29) is 6.10 Å². The van der Waals surface area contributed by atoms with Gasteiger partial charge in [0, 0.05) is 26.2 Å². The minimum atomic E-state index is -0.298. The van der Waals surface area contributed by atoms with Crippen molar-refractivity contribution in [3.8, 4) is 5.75 Å². The number of aliphatic hydroxyl groups excluding tert-OH is 1. The summed E-state index contributed by atoms with van der Waals surface area (Å²) in [6, 6.07) is 18.3. The number of hydrogen-bond acceptors (Lipinski definition) is 4. The van der Waals surface area contributed by atoms with Crippen LogP contribution in [0.15, 0.2) is 54.6 Å². The molecule has 124 valence electrons. The van der Waals surface area contributed by atoms with Gasteiger partial charge in [0.15, 0.2) is 0 Å². The Morgan fingerprint density at radius 3 is 2.48 bits per heavy atom. The van der Waals surface area contributed by atoms with Crippen molar-refractivity contribution in [3.05, 3.63) is 65.7 Å². The van der Waals surface area contributed by atoms with Crippen LogP contribution in [0.3, 0.4) is 0 Å². The number of nitrogens with one attached hydrogen (secondary N) is 2. The van der Waals surface area contributed by atoms with Crippen molar-refractivity contribution in [2.45, 2.75) is 26.2 Å². The topological polar surface area (TPSA) is 53.5 Å². The average molecular weight is 314 g/mol. The van der Waals surface area contributed by atoms with Gasteiger partial charge in [0.1, 0.15) is 12.4 Å². The highest BCUT2D eigenvalue weighted by atomic mass is 16.5. The second-order valence-corrected chi connectivity index (χ2v) is 5.65. The minimum absolute atomic E-state index is 0.298. The third-order valence-electron chi connectivity index (χ3n) is 3.39. The van der Waals surface area contributed by atoms with E-state index in [1.807, 2.05) is 30.3 Å². The summed E-state index contributed by atoms with van der Waals surface area (Å²) in [5.74, 6) is 0.889. The molecule has 0 aromatic heterocycles. The molecular formula is C19H26N2O2. The number of aliphatic hydroxyl groups is 1. The van der Waals surface area contributed by atoms with Crippen molar-refractivity contribution in [1.82, 2.24) is 10.6 Å². The van der Waals surface area contributed by atoms with E-state index >= 15 is 0 Å². The largest absolute Gasteiger partial charge is 0.489 e. The van der Waals surface area contributed by atoms with Gasteiger partial charge >= 0.3 is 0 Å². The Balaban J connectivity index is 1.70. The Kier molecular flexibility index (Phi) is 7.60. The molecule has 0 spiro atoms. The first-order chi connectivity index (χ1) is 11.2. The fourth-order valence-corrected chi connectivity index (χ4v) is 2.21. The monoisotopic (exact) mass is 314 g/mol. The lowest BCUT2D eigenvalue weighted by atomic mass is 10.2. The van der Waals surface area contributed by atoms with Crippen LogP contribution < -0.4 is 15.4 Å². The summed E-state index contributed by atoms with van der Waals surface area (Å²) in [4.78, 5) is 0. The Hall–Kier alpha value is -1.88. The third-order valence-corrected chi connectivity index (χ3v) is 3.39. The molecule has 0 aliphatic heterocycles. The van der Waals surface area contributed by atoms with Crippen LogP contribution in [0.4, 0.5) is 0 Å². The summed E-state index contributed by atoms with van der Waals surface area (Å²) >= 11 is 0. The molecule has 0 aliphatic carbocycles. The standard InChI is InChI=1S/C19H26N2O2/c1-16(22)13-20-10-11-21-14-18-8-5-9-19(12-18)23-15-17-6-3-2-4-7-17/h2-9,12,16,20-22H,10-11,13-15H2,1H3/t16-/m1/s1. The van der Waals surface area contributed by atoms with Crippen molar-refractivity contribution in [3.63, 3.8) is 0 Å². The van der Waals surface area contributed by atoms with Crippen LogP contribution in [0.1, 0.15) is 18.1 Å². The smallest absolute Gasteiger partial charge is 0.120 e. The van der Waals surface area contributed by atoms with Gasteiger partial charge in [0.2, 0.25) is 0 Å². The molecule has 0 saturated heterocycles. The second kappa shape index (κ2) is 10.0. The van der Waals surface area contributed by atoms with Gasteiger partial charge in [0.05, 0.1) is 6.10 Å². The molecule has 0 fully saturated rings. The van der Waals surface area contributed by atoms with Crippen molar-refractivity contribution in [1.29, 1.82) is 0 Å². The highest BCUT2D eigenvalue weighted by Gasteiger charge is 1.99. The van der Waals surface area contributed by atoms with E-state index in [1.54, 1.807) is 6.92 Å². The normalized spacial score (nSPS) is 12.1. The lowest BCUT2D eigenvalue weighted by molar-refractivity contribution is 0.191. The van der Waals surface area contributed by atoms with Crippen LogP contribution in [0.5, 0.6) is 5.75 Å². The van der Waals surface area contributed by atoms with Gasteiger partial charge in [-0.2, -0.15) is 0 Å². The van der Waals surface area contributed by atoms with E-state index in [2.05, 4.69) is 34.9 Å². The Labute approximate surface area is 138 Å². The zero-order valence-corrected chi connectivity index (χ0v) is 13.7. The van der Waals surface area contributed by atoms with Crippen LogP contribution in [0.25, 0.3) is 0 Å². The van der Waals surface area contributed by atoms with Gasteiger partial charge in [-0.3, -0.25) is 0 Å². The fourth-order valence-electron chi connectivity index (χ4n) is 2.21. The highest BCUT2D eigenvalue weighted by molar-refractivity contribution is 5.29. The molecule has 2 aromatic rings. The maximum absolute atomic E-state index is 9.15. The SMILES string of the molecule is C[C@@H](O)CNCCNCc1cccc(OCc2ccccc2)c1. The summed E-state index contributed by atoms with van der Waals surface area (Å²) in [7, 11) is 0. The molecule has 0 saturated carbocycles. The van der Waals surface area contributed by atoms with Gasteiger partial charge in [-0.25, -0.2) is 0 Å². The Morgan fingerprint density at radius 1 is 0.957 bits per heavy atom. The van der Waals surface area contributed by atoms with Crippen LogP contribution in [0, 0.1) is 0 Å². The molecule has 3 N–H and O–H groups in total. The van der Waals surface area contributed by atoms with Gasteiger partial charge in [-0.05, 0) is 30.2 Å². The van der Waals surface area contributed by atoms with Crippen molar-refractivity contribution in [2.24, 2.45) is 0 Å². The predicted octanol–water partition coefficient (Wildman–Crippen LogP) is 2.33. The molecule has 0 bridgehead atoms. The molecule has 2 rings (SSSR count). The Morgan fingerprint density at radius 2 is 1.70 bits per heavy atom. The molecule has 1 atom stereocenters. The first-order valence-corrected chi connectivity index (χ1v) is 8.09. The molecule has 4 heteroatoms. The van der Waals surface area contributed by atoms with E-state index in [9.17, 15) is 0 Å². The van der Waals surface area contributed by atoms with Crippen molar-refractivity contribution >= 4 is 0 Å². The Bertz CT molecular complexity index is 558. The van der Waals surface area contributed by atoms with Gasteiger partial charge < -0.3 is 20.5 Å². The molecule has 0 unspecified atom stereocenters. The van der Waals surface area contributed by atoms with Gasteiger partial charge in [0.25, 0.3) is 0 Å². The first-order valence-electron chi connectivity index (χ1n) is 8.09. The fraction of sp³-hybridized carbons (Fsp3) is 0.368.